The van der Waals surface area contributed by atoms with E-state index in [-0.39, 0.29) is 12.6 Å². The summed E-state index contributed by atoms with van der Waals surface area (Å²) >= 11 is 0. The molecule has 3 nitrogen and oxygen atoms in total. The summed E-state index contributed by atoms with van der Waals surface area (Å²) in [5.74, 6) is 5.93. The predicted molar refractivity (Wildman–Crippen MR) is 110 cm³/mol. The zero-order valence-electron chi connectivity index (χ0n) is 15.3. The predicted octanol–water partition coefficient (Wildman–Crippen LogP) is 4.20. The van der Waals surface area contributed by atoms with Gasteiger partial charge in [0.15, 0.2) is 5.71 Å². The summed E-state index contributed by atoms with van der Waals surface area (Å²) in [6.45, 7) is 0.223. The Kier molecular flexibility index (Phi) is 5.31. The first-order chi connectivity index (χ1) is 13.8. The Hall–Kier alpha value is -3.64. The largest absolute Gasteiger partial charge is 0.456 e. The van der Waals surface area contributed by atoms with Gasteiger partial charge < -0.3 is 4.74 Å². The van der Waals surface area contributed by atoms with E-state index < -0.39 is 5.97 Å². The monoisotopic (exact) mass is 365 g/mol. The van der Waals surface area contributed by atoms with Crippen molar-refractivity contribution in [3.05, 3.63) is 107 Å². The van der Waals surface area contributed by atoms with Crippen molar-refractivity contribution in [3.63, 3.8) is 0 Å². The van der Waals surface area contributed by atoms with E-state index >= 15 is 0 Å². The van der Waals surface area contributed by atoms with Crippen LogP contribution in [0.4, 0.5) is 0 Å². The molecule has 0 saturated carbocycles. The minimum Gasteiger partial charge on any atom is -0.456 e. The van der Waals surface area contributed by atoms with Crippen LogP contribution in [0.5, 0.6) is 0 Å². The lowest BCUT2D eigenvalue weighted by Crippen LogP contribution is -2.27. The highest BCUT2D eigenvalue weighted by Gasteiger charge is 2.25. The molecule has 0 aliphatic carbocycles. The molecule has 136 valence electrons. The van der Waals surface area contributed by atoms with Crippen molar-refractivity contribution in [1.82, 2.24) is 0 Å². The van der Waals surface area contributed by atoms with Crippen molar-refractivity contribution in [2.75, 3.05) is 0 Å². The Balaban J connectivity index is 1.58. The normalized spacial score (nSPS) is 14.9. The Morgan fingerprint density at radius 1 is 0.929 bits per heavy atom. The number of hydrogen-bond donors (Lipinski definition) is 0. The first-order valence-electron chi connectivity index (χ1n) is 9.23. The number of hydrogen-bond acceptors (Lipinski definition) is 3. The number of nitrogens with zero attached hydrogens (tertiary/aromatic N) is 1. The van der Waals surface area contributed by atoms with Crippen LogP contribution in [0.1, 0.15) is 22.3 Å². The molecule has 0 amide bonds. The fraction of sp³-hybridized carbons (Fsp3) is 0.120. The van der Waals surface area contributed by atoms with Gasteiger partial charge in [-0.1, -0.05) is 84.6 Å². The molecule has 0 radical (unpaired) electrons. The van der Waals surface area contributed by atoms with Crippen LogP contribution in [0.25, 0.3) is 0 Å². The minimum absolute atomic E-state index is 0.223. The lowest BCUT2D eigenvalue weighted by Gasteiger charge is -2.19. The summed E-state index contributed by atoms with van der Waals surface area (Å²) in [6.07, 6.45) is 0.686. The molecule has 0 saturated heterocycles. The van der Waals surface area contributed by atoms with Crippen LogP contribution in [0.3, 0.4) is 0 Å². The highest BCUT2D eigenvalue weighted by molar-refractivity contribution is 6.44. The number of fused-ring (bicyclic) bond motifs is 1. The average Bonchev–Trinajstić information content (AvgIpc) is 2.77. The van der Waals surface area contributed by atoms with E-state index in [1.165, 1.54) is 0 Å². The van der Waals surface area contributed by atoms with Crippen LogP contribution in [0, 0.1) is 11.8 Å². The highest BCUT2D eigenvalue weighted by Crippen LogP contribution is 2.21. The smallest absolute Gasteiger partial charge is 0.357 e. The van der Waals surface area contributed by atoms with Crippen LogP contribution in [-0.2, 0) is 22.6 Å². The fourth-order valence-corrected chi connectivity index (χ4v) is 3.13. The van der Waals surface area contributed by atoms with E-state index in [4.69, 9.17) is 4.74 Å². The van der Waals surface area contributed by atoms with Crippen molar-refractivity contribution in [2.24, 2.45) is 4.99 Å². The van der Waals surface area contributed by atoms with Crippen LogP contribution in [-0.4, -0.2) is 17.7 Å². The average molecular weight is 365 g/mol. The van der Waals surface area contributed by atoms with Crippen molar-refractivity contribution < 1.29 is 9.53 Å². The van der Waals surface area contributed by atoms with Gasteiger partial charge in [0, 0.05) is 17.5 Å². The molecule has 0 N–H and O–H groups in total. The van der Waals surface area contributed by atoms with Gasteiger partial charge >= 0.3 is 5.97 Å². The minimum atomic E-state index is -0.414. The van der Waals surface area contributed by atoms with Crippen molar-refractivity contribution in [3.8, 4) is 11.8 Å². The molecule has 3 aromatic carbocycles. The summed E-state index contributed by atoms with van der Waals surface area (Å²) < 4.78 is 5.52. The molecule has 3 aromatic rings. The van der Waals surface area contributed by atoms with Gasteiger partial charge in [0.25, 0.3) is 0 Å². The molecule has 0 spiro atoms. The van der Waals surface area contributed by atoms with Crippen LogP contribution in [0.2, 0.25) is 0 Å². The number of aliphatic imine (C=N–C) groups is 1. The Morgan fingerprint density at radius 2 is 1.61 bits per heavy atom. The molecule has 0 fully saturated rings. The number of carbonyl (C=O) groups excluding carboxylic acids is 1. The highest BCUT2D eigenvalue weighted by atomic mass is 16.5. The molecule has 28 heavy (non-hydrogen) atoms. The van der Waals surface area contributed by atoms with E-state index in [2.05, 4.69) is 16.8 Å². The summed E-state index contributed by atoms with van der Waals surface area (Å²) in [4.78, 5) is 17.4. The summed E-state index contributed by atoms with van der Waals surface area (Å²) in [5.41, 5.74) is 4.13. The Morgan fingerprint density at radius 3 is 2.39 bits per heavy atom. The second-order valence-corrected chi connectivity index (χ2v) is 6.55. The standard InChI is InChI=1S/C25H19NO2/c27-25(28-18-20-11-5-2-6-12-20)24-23-14-8-7-13-21(23)17-22(26-24)16-15-19-9-3-1-4-10-19/h1-14,22H,17-18H2. The van der Waals surface area contributed by atoms with E-state index in [0.717, 1.165) is 22.3 Å². The molecule has 4 rings (SSSR count). The topological polar surface area (TPSA) is 38.7 Å². The maximum Gasteiger partial charge on any atom is 0.357 e. The van der Waals surface area contributed by atoms with Gasteiger partial charge in [-0.2, -0.15) is 0 Å². The quantitative estimate of drug-likeness (QED) is 0.515. The first-order valence-corrected chi connectivity index (χ1v) is 9.23. The number of benzene rings is 3. The lowest BCUT2D eigenvalue weighted by atomic mass is 9.93. The molecule has 1 aliphatic rings. The summed E-state index contributed by atoms with van der Waals surface area (Å²) in [6, 6.07) is 27.0. The second kappa shape index (κ2) is 8.37. The van der Waals surface area contributed by atoms with Crippen molar-refractivity contribution >= 4 is 11.7 Å². The zero-order valence-corrected chi connectivity index (χ0v) is 15.3. The maximum atomic E-state index is 12.8. The molecular formula is C25H19NO2. The molecule has 1 unspecified atom stereocenters. The van der Waals surface area contributed by atoms with Crippen LogP contribution >= 0.6 is 0 Å². The van der Waals surface area contributed by atoms with Gasteiger partial charge in [-0.15, -0.1) is 0 Å². The van der Waals surface area contributed by atoms with Crippen molar-refractivity contribution in [1.29, 1.82) is 0 Å². The molecule has 1 atom stereocenters. The number of carbonyl (C=O) groups is 1. The van der Waals surface area contributed by atoms with Gasteiger partial charge in [0.2, 0.25) is 0 Å². The third-order valence-corrected chi connectivity index (χ3v) is 4.53. The van der Waals surface area contributed by atoms with Gasteiger partial charge in [-0.05, 0) is 23.3 Å². The first kappa shape index (κ1) is 17.8. The second-order valence-electron chi connectivity index (χ2n) is 6.55. The van der Waals surface area contributed by atoms with Gasteiger partial charge in [-0.25, -0.2) is 4.79 Å². The van der Waals surface area contributed by atoms with E-state index in [9.17, 15) is 4.79 Å². The van der Waals surface area contributed by atoms with E-state index in [1.54, 1.807) is 0 Å². The Bertz CT molecular complexity index is 1060. The van der Waals surface area contributed by atoms with Crippen LogP contribution < -0.4 is 0 Å². The third-order valence-electron chi connectivity index (χ3n) is 4.53. The summed E-state index contributed by atoms with van der Waals surface area (Å²) in [5, 5.41) is 0. The third kappa shape index (κ3) is 4.19. The lowest BCUT2D eigenvalue weighted by molar-refractivity contribution is -0.136. The maximum absolute atomic E-state index is 12.8. The number of ether oxygens (including phenoxy) is 1. The van der Waals surface area contributed by atoms with Crippen molar-refractivity contribution in [2.45, 2.75) is 19.1 Å². The van der Waals surface area contributed by atoms with Gasteiger partial charge in [-0.3, -0.25) is 4.99 Å². The van der Waals surface area contributed by atoms with E-state index in [1.807, 2.05) is 84.9 Å². The molecule has 3 heteroatoms. The number of rotatable bonds is 3. The molecule has 0 bridgehead atoms. The van der Waals surface area contributed by atoms with E-state index in [0.29, 0.717) is 12.1 Å². The molecular weight excluding hydrogens is 346 g/mol. The zero-order chi connectivity index (χ0) is 19.2. The molecule has 0 aromatic heterocycles. The number of esters is 1. The molecule has 1 heterocycles. The van der Waals surface area contributed by atoms with Gasteiger partial charge in [0.1, 0.15) is 12.6 Å². The Labute approximate surface area is 164 Å². The van der Waals surface area contributed by atoms with Gasteiger partial charge in [0.05, 0.1) is 0 Å². The molecule has 1 aliphatic heterocycles. The summed E-state index contributed by atoms with van der Waals surface area (Å²) in [7, 11) is 0. The SMILES string of the molecule is O=C(OCc1ccccc1)C1=NC(C#Cc2ccccc2)Cc2ccccc21. The van der Waals surface area contributed by atoms with Crippen LogP contribution in [0.15, 0.2) is 89.9 Å². The fourth-order valence-electron chi connectivity index (χ4n) is 3.13.